The number of rotatable bonds is 6. The van der Waals surface area contributed by atoms with Crippen LogP contribution in [0.5, 0.6) is 11.5 Å². The highest BCUT2D eigenvalue weighted by Crippen LogP contribution is 2.65. The Hall–Kier alpha value is -3.66. The fourth-order valence-corrected chi connectivity index (χ4v) is 9.47. The van der Waals surface area contributed by atoms with Gasteiger partial charge in [0.15, 0.2) is 11.5 Å². The van der Waals surface area contributed by atoms with E-state index in [-0.39, 0.29) is 23.4 Å². The van der Waals surface area contributed by atoms with Crippen LogP contribution in [0.15, 0.2) is 83.8 Å². The Bertz CT molecular complexity index is 1640. The Morgan fingerprint density at radius 1 is 1.07 bits per heavy atom. The van der Waals surface area contributed by atoms with Gasteiger partial charge in [-0.3, -0.25) is 4.79 Å². The summed E-state index contributed by atoms with van der Waals surface area (Å²) in [6.45, 7) is 0.231. The molecule has 1 saturated heterocycles. The normalized spacial score (nSPS) is 30.0. The monoisotopic (exact) mass is 572 g/mol. The molecule has 2 N–H and O–H groups in total. The van der Waals surface area contributed by atoms with Gasteiger partial charge in [0, 0.05) is 18.2 Å². The molecule has 2 bridgehead atoms. The number of amides is 1. The summed E-state index contributed by atoms with van der Waals surface area (Å²) in [6.07, 6.45) is 4.18. The van der Waals surface area contributed by atoms with Crippen LogP contribution in [0.4, 0.5) is 0 Å². The molecule has 0 radical (unpaired) electrons. The predicted molar refractivity (Wildman–Crippen MR) is 153 cm³/mol. The van der Waals surface area contributed by atoms with Gasteiger partial charge in [0.2, 0.25) is 15.9 Å². The fraction of sp³-hybridized carbons (Fsp3) is 0.344. The lowest BCUT2D eigenvalue weighted by atomic mass is 9.48. The first-order valence-corrected chi connectivity index (χ1v) is 15.4. The van der Waals surface area contributed by atoms with Crippen molar-refractivity contribution < 1.29 is 27.8 Å². The number of hydrogen-bond acceptors (Lipinski definition) is 6. The second-order valence-corrected chi connectivity index (χ2v) is 13.3. The average Bonchev–Trinajstić information content (AvgIpc) is 3.34. The lowest BCUT2D eigenvalue weighted by molar-refractivity contribution is -0.177. The van der Waals surface area contributed by atoms with Crippen LogP contribution in [-0.2, 0) is 26.7 Å². The highest BCUT2D eigenvalue weighted by molar-refractivity contribution is 7.89. The molecule has 7 rings (SSSR count). The number of nitrogens with zero attached hydrogens (tertiary/aromatic N) is 1. The van der Waals surface area contributed by atoms with Crippen LogP contribution in [0.1, 0.15) is 36.0 Å². The van der Waals surface area contributed by atoms with Gasteiger partial charge in [-0.25, -0.2) is 8.42 Å². The third-order valence-electron chi connectivity index (χ3n) is 9.52. The molecular weight excluding hydrogens is 540 g/mol. The zero-order chi connectivity index (χ0) is 28.4. The molecule has 2 aliphatic heterocycles. The van der Waals surface area contributed by atoms with E-state index in [1.807, 2.05) is 42.5 Å². The van der Waals surface area contributed by atoms with Crippen molar-refractivity contribution in [3.05, 3.63) is 95.6 Å². The van der Waals surface area contributed by atoms with Crippen LogP contribution in [0.25, 0.3) is 6.08 Å². The number of nitrogens with one attached hydrogen (secondary N) is 1. The molecule has 41 heavy (non-hydrogen) atoms. The first-order valence-electron chi connectivity index (χ1n) is 14.0. The molecule has 9 heteroatoms. The van der Waals surface area contributed by atoms with E-state index in [0.29, 0.717) is 37.2 Å². The van der Waals surface area contributed by atoms with Gasteiger partial charge in [-0.15, -0.1) is 0 Å². The largest absolute Gasteiger partial charge is 0.493 e. The number of sulfonamides is 1. The van der Waals surface area contributed by atoms with Crippen molar-refractivity contribution in [2.24, 2.45) is 0 Å². The maximum Gasteiger partial charge on any atom is 0.244 e. The van der Waals surface area contributed by atoms with Crippen molar-refractivity contribution in [2.45, 2.75) is 59.8 Å². The van der Waals surface area contributed by atoms with Crippen LogP contribution in [0, 0.1) is 0 Å². The molecule has 2 aliphatic carbocycles. The summed E-state index contributed by atoms with van der Waals surface area (Å²) in [5, 5.41) is 15.9. The minimum atomic E-state index is -3.86. The molecule has 8 nitrogen and oxygen atoms in total. The van der Waals surface area contributed by atoms with Gasteiger partial charge < -0.3 is 19.9 Å². The van der Waals surface area contributed by atoms with Crippen LogP contribution < -0.4 is 14.8 Å². The van der Waals surface area contributed by atoms with Gasteiger partial charge in [-0.1, -0.05) is 54.6 Å². The van der Waals surface area contributed by atoms with E-state index in [9.17, 15) is 18.3 Å². The van der Waals surface area contributed by atoms with Crippen LogP contribution in [-0.4, -0.2) is 61.2 Å². The van der Waals surface area contributed by atoms with Gasteiger partial charge in [0.25, 0.3) is 0 Å². The number of hydrogen-bond donors (Lipinski definition) is 2. The molecule has 1 spiro atoms. The molecule has 3 aromatic rings. The summed E-state index contributed by atoms with van der Waals surface area (Å²) >= 11 is 0. The Kier molecular flexibility index (Phi) is 6.04. The smallest absolute Gasteiger partial charge is 0.244 e. The van der Waals surface area contributed by atoms with Crippen molar-refractivity contribution in [1.82, 2.24) is 9.62 Å². The number of carbonyl (C=O) groups is 1. The van der Waals surface area contributed by atoms with E-state index in [0.717, 1.165) is 16.7 Å². The Balaban J connectivity index is 1.28. The number of methoxy groups -OCH3 is 1. The average molecular weight is 573 g/mol. The molecule has 0 unspecified atom stereocenters. The van der Waals surface area contributed by atoms with Crippen LogP contribution in [0.3, 0.4) is 0 Å². The Morgan fingerprint density at radius 2 is 1.80 bits per heavy atom. The van der Waals surface area contributed by atoms with Crippen molar-refractivity contribution in [3.63, 3.8) is 0 Å². The summed E-state index contributed by atoms with van der Waals surface area (Å²) < 4.78 is 41.6. The molecule has 0 aromatic heterocycles. The molecular formula is C32H32N2O6S. The molecule has 4 aliphatic rings. The molecule has 212 valence electrons. The van der Waals surface area contributed by atoms with Crippen LogP contribution in [0.2, 0.25) is 0 Å². The summed E-state index contributed by atoms with van der Waals surface area (Å²) in [5.41, 5.74) is 0.485. The molecule has 2 fully saturated rings. The van der Waals surface area contributed by atoms with E-state index >= 15 is 0 Å². The third-order valence-corrected chi connectivity index (χ3v) is 11.4. The number of carbonyl (C=O) groups excluding carboxylic acids is 1. The Labute approximate surface area is 239 Å². The van der Waals surface area contributed by atoms with Crippen molar-refractivity contribution >= 4 is 22.0 Å². The van der Waals surface area contributed by atoms with E-state index in [2.05, 4.69) is 5.32 Å². The van der Waals surface area contributed by atoms with E-state index < -0.39 is 33.2 Å². The number of benzene rings is 3. The van der Waals surface area contributed by atoms with Gasteiger partial charge in [0.05, 0.1) is 35.1 Å². The van der Waals surface area contributed by atoms with E-state index in [4.69, 9.17) is 9.47 Å². The van der Waals surface area contributed by atoms with Gasteiger partial charge in [-0.05, 0) is 61.1 Å². The third kappa shape index (κ3) is 3.72. The number of aliphatic hydroxyl groups is 1. The molecule has 1 amide bonds. The topological polar surface area (TPSA) is 105 Å². The van der Waals surface area contributed by atoms with Crippen molar-refractivity contribution in [1.29, 1.82) is 0 Å². The summed E-state index contributed by atoms with van der Waals surface area (Å²) in [6, 6.07) is 20.7. The van der Waals surface area contributed by atoms with Gasteiger partial charge in [0.1, 0.15) is 6.10 Å². The molecule has 3 aromatic carbocycles. The minimum absolute atomic E-state index is 0.214. The van der Waals surface area contributed by atoms with Crippen molar-refractivity contribution in [2.75, 3.05) is 13.7 Å². The van der Waals surface area contributed by atoms with Gasteiger partial charge >= 0.3 is 0 Å². The molecule has 5 atom stereocenters. The summed E-state index contributed by atoms with van der Waals surface area (Å²) in [7, 11) is -2.27. The SMILES string of the molecule is COc1ccc2c3c1O[C@@H]1[C@@H](NC(=O)/C=C/c4ccccc4)CC[C@]4(O)[C@H](C2)N(S(=O)(=O)c2ccccc2)CC[C@@]314. The highest BCUT2D eigenvalue weighted by atomic mass is 32.2. The summed E-state index contributed by atoms with van der Waals surface area (Å²) in [4.78, 5) is 13.3. The molecule has 1 saturated carbocycles. The minimum Gasteiger partial charge on any atom is -0.493 e. The van der Waals surface area contributed by atoms with Crippen molar-refractivity contribution in [3.8, 4) is 11.5 Å². The maximum atomic E-state index is 13.9. The van der Waals surface area contributed by atoms with Crippen LogP contribution >= 0.6 is 0 Å². The second kappa shape index (κ2) is 9.44. The maximum absolute atomic E-state index is 13.9. The zero-order valence-electron chi connectivity index (χ0n) is 22.7. The number of ether oxygens (including phenoxy) is 2. The lowest BCUT2D eigenvalue weighted by Gasteiger charge is -2.63. The highest BCUT2D eigenvalue weighted by Gasteiger charge is 2.74. The quantitative estimate of drug-likeness (QED) is 0.439. The summed E-state index contributed by atoms with van der Waals surface area (Å²) in [5.74, 6) is 0.915. The predicted octanol–water partition coefficient (Wildman–Crippen LogP) is 3.44. The first kappa shape index (κ1) is 26.3. The lowest BCUT2D eigenvalue weighted by Crippen LogP contribution is -2.78. The van der Waals surface area contributed by atoms with Gasteiger partial charge in [-0.2, -0.15) is 4.31 Å². The number of piperidine rings is 1. The van der Waals surface area contributed by atoms with E-state index in [1.54, 1.807) is 43.5 Å². The Morgan fingerprint density at radius 3 is 2.54 bits per heavy atom. The second-order valence-electron chi connectivity index (χ2n) is 11.4. The standard InChI is InChI=1S/C32H32N2O6S/c1-39-25-14-13-22-20-26-32(36)17-16-24(33-27(35)15-12-21-8-4-2-5-9-21)30-31(32,28(22)29(25)40-30)18-19-34(26)41(37,38)23-10-6-3-7-11-23/h2-15,24,26,30,36H,16-20H2,1H3,(H,33,35)/b15-12+/t24-,26-,30+,31+,32-/m0/s1. The first-order chi connectivity index (χ1) is 19.8. The molecule has 2 heterocycles. The fourth-order valence-electron chi connectivity index (χ4n) is 7.79. The zero-order valence-corrected chi connectivity index (χ0v) is 23.5. The van der Waals surface area contributed by atoms with E-state index in [1.165, 1.54) is 10.4 Å².